The Hall–Kier alpha value is -2.11. The lowest BCUT2D eigenvalue weighted by Crippen LogP contribution is -2.37. The zero-order chi connectivity index (χ0) is 17.6. The van der Waals surface area contributed by atoms with Gasteiger partial charge in [0.2, 0.25) is 5.88 Å². The number of likely N-dealkylation sites (tertiary alicyclic amines) is 1. The van der Waals surface area contributed by atoms with Crippen LogP contribution in [0.2, 0.25) is 5.02 Å². The molecule has 0 saturated carbocycles. The molecular weight excluding hydrogens is 338 g/mol. The minimum absolute atomic E-state index is 0.0753. The first-order valence-corrected chi connectivity index (χ1v) is 8.83. The van der Waals surface area contributed by atoms with Crippen molar-refractivity contribution in [2.75, 3.05) is 26.7 Å². The first-order valence-electron chi connectivity index (χ1n) is 8.46. The van der Waals surface area contributed by atoms with Gasteiger partial charge >= 0.3 is 0 Å². The molecule has 1 fully saturated rings. The largest absolute Gasteiger partial charge is 0.481 e. The van der Waals surface area contributed by atoms with E-state index in [9.17, 15) is 4.79 Å². The average molecular weight is 360 g/mol. The topological polar surface area (TPSA) is 54.5 Å². The van der Waals surface area contributed by atoms with E-state index in [0.717, 1.165) is 23.7 Å². The molecular formula is C19H22ClN3O2. The Morgan fingerprint density at radius 1 is 1.28 bits per heavy atom. The molecule has 1 aliphatic heterocycles. The second kappa shape index (κ2) is 8.32. The lowest BCUT2D eigenvalue weighted by molar-refractivity contribution is 0.0937. The van der Waals surface area contributed by atoms with Gasteiger partial charge in [0.25, 0.3) is 5.91 Å². The van der Waals surface area contributed by atoms with Crippen molar-refractivity contribution < 1.29 is 9.53 Å². The summed E-state index contributed by atoms with van der Waals surface area (Å²) in [6.45, 7) is 2.56. The van der Waals surface area contributed by atoms with Crippen LogP contribution in [0.3, 0.4) is 0 Å². The number of amides is 1. The zero-order valence-corrected chi connectivity index (χ0v) is 15.0. The van der Waals surface area contributed by atoms with Gasteiger partial charge in [-0.1, -0.05) is 29.8 Å². The molecule has 1 aliphatic rings. The normalized spacial score (nSPS) is 15.8. The fourth-order valence-electron chi connectivity index (χ4n) is 3.16. The number of pyridine rings is 1. The van der Waals surface area contributed by atoms with Crippen molar-refractivity contribution >= 4 is 17.5 Å². The number of halogens is 1. The van der Waals surface area contributed by atoms with Crippen molar-refractivity contribution in [1.82, 2.24) is 15.2 Å². The lowest BCUT2D eigenvalue weighted by Gasteiger charge is -2.29. The third-order valence-corrected chi connectivity index (χ3v) is 4.85. The molecule has 3 rings (SSSR count). The molecule has 2 aromatic rings. The third-order valence-electron chi connectivity index (χ3n) is 4.51. The number of benzene rings is 1. The van der Waals surface area contributed by atoms with Gasteiger partial charge in [0.15, 0.2) is 0 Å². The highest BCUT2D eigenvalue weighted by Crippen LogP contribution is 2.29. The number of rotatable bonds is 6. The third kappa shape index (κ3) is 4.30. The van der Waals surface area contributed by atoms with Crippen molar-refractivity contribution in [3.63, 3.8) is 0 Å². The summed E-state index contributed by atoms with van der Waals surface area (Å²) < 4.78 is 5.02. The number of carbonyl (C=O) groups is 1. The monoisotopic (exact) mass is 359 g/mol. The number of carbonyl (C=O) groups excluding carboxylic acids is 1. The van der Waals surface area contributed by atoms with Crippen LogP contribution in [0, 0.1) is 0 Å². The number of hydrogen-bond donors (Lipinski definition) is 1. The summed E-state index contributed by atoms with van der Waals surface area (Å²) in [4.78, 5) is 18.9. The van der Waals surface area contributed by atoms with Crippen LogP contribution in [-0.2, 0) is 0 Å². The molecule has 25 heavy (non-hydrogen) atoms. The van der Waals surface area contributed by atoms with Crippen molar-refractivity contribution in [1.29, 1.82) is 0 Å². The molecule has 1 unspecified atom stereocenters. The van der Waals surface area contributed by atoms with E-state index in [1.165, 1.54) is 19.0 Å². The smallest absolute Gasteiger partial charge is 0.252 e. The molecule has 1 saturated heterocycles. The second-order valence-corrected chi connectivity index (χ2v) is 6.49. The van der Waals surface area contributed by atoms with Crippen LogP contribution in [0.4, 0.5) is 0 Å². The van der Waals surface area contributed by atoms with Gasteiger partial charge in [0.05, 0.1) is 18.7 Å². The number of methoxy groups -OCH3 is 1. The Morgan fingerprint density at radius 2 is 2.04 bits per heavy atom. The predicted molar refractivity (Wildman–Crippen MR) is 98.1 cm³/mol. The van der Waals surface area contributed by atoms with Crippen molar-refractivity contribution in [2.24, 2.45) is 0 Å². The Morgan fingerprint density at radius 3 is 2.68 bits per heavy atom. The Labute approximate surface area is 153 Å². The van der Waals surface area contributed by atoms with Crippen LogP contribution in [0.5, 0.6) is 5.88 Å². The Bertz CT molecular complexity index is 715. The van der Waals surface area contributed by atoms with Gasteiger partial charge < -0.3 is 10.1 Å². The summed E-state index contributed by atoms with van der Waals surface area (Å²) in [6, 6.07) is 11.3. The molecule has 1 aromatic heterocycles. The van der Waals surface area contributed by atoms with E-state index >= 15 is 0 Å². The van der Waals surface area contributed by atoms with Gasteiger partial charge in [-0.25, -0.2) is 4.98 Å². The minimum atomic E-state index is -0.147. The van der Waals surface area contributed by atoms with Crippen LogP contribution in [0.1, 0.15) is 34.8 Å². The molecule has 5 nitrogen and oxygen atoms in total. The molecule has 0 bridgehead atoms. The van der Waals surface area contributed by atoms with Gasteiger partial charge in [0.1, 0.15) is 0 Å². The standard InChI is InChI=1S/C19H22ClN3O2/c1-25-18-9-8-14(12-21-18)19(24)22-13-17(23-10-4-5-11-23)15-6-2-3-7-16(15)20/h2-3,6-9,12,17H,4-5,10-11,13H2,1H3,(H,22,24). The highest BCUT2D eigenvalue weighted by molar-refractivity contribution is 6.31. The van der Waals surface area contributed by atoms with Crippen LogP contribution in [0.15, 0.2) is 42.6 Å². The van der Waals surface area contributed by atoms with E-state index in [1.54, 1.807) is 19.2 Å². The van der Waals surface area contributed by atoms with E-state index < -0.39 is 0 Å². The molecule has 132 valence electrons. The van der Waals surface area contributed by atoms with Crippen LogP contribution in [0.25, 0.3) is 0 Å². The van der Waals surface area contributed by atoms with E-state index in [4.69, 9.17) is 16.3 Å². The van der Waals surface area contributed by atoms with E-state index in [1.807, 2.05) is 24.3 Å². The van der Waals surface area contributed by atoms with Crippen LogP contribution < -0.4 is 10.1 Å². The van der Waals surface area contributed by atoms with Crippen molar-refractivity contribution in [2.45, 2.75) is 18.9 Å². The summed E-state index contributed by atoms with van der Waals surface area (Å²) in [6.07, 6.45) is 3.88. The van der Waals surface area contributed by atoms with E-state index in [2.05, 4.69) is 15.2 Å². The fourth-order valence-corrected chi connectivity index (χ4v) is 3.42. The molecule has 6 heteroatoms. The molecule has 1 atom stereocenters. The number of ether oxygens (including phenoxy) is 1. The predicted octanol–water partition coefficient (Wildman–Crippen LogP) is 3.31. The van der Waals surface area contributed by atoms with Crippen LogP contribution in [-0.4, -0.2) is 42.5 Å². The quantitative estimate of drug-likeness (QED) is 0.859. The van der Waals surface area contributed by atoms with E-state index in [0.29, 0.717) is 18.0 Å². The zero-order valence-electron chi connectivity index (χ0n) is 14.2. The van der Waals surface area contributed by atoms with Gasteiger partial charge in [-0.15, -0.1) is 0 Å². The number of nitrogens with one attached hydrogen (secondary N) is 1. The highest BCUT2D eigenvalue weighted by atomic mass is 35.5. The number of hydrogen-bond acceptors (Lipinski definition) is 4. The number of nitrogens with zero attached hydrogens (tertiary/aromatic N) is 2. The molecule has 1 N–H and O–H groups in total. The summed E-state index contributed by atoms with van der Waals surface area (Å²) in [5.74, 6) is 0.342. The molecule has 1 amide bonds. The molecule has 0 spiro atoms. The summed E-state index contributed by atoms with van der Waals surface area (Å²) in [5.41, 5.74) is 1.57. The SMILES string of the molecule is COc1ccc(C(=O)NCC(c2ccccc2Cl)N2CCCC2)cn1. The van der Waals surface area contributed by atoms with Gasteiger partial charge in [0, 0.05) is 23.8 Å². The molecule has 0 radical (unpaired) electrons. The summed E-state index contributed by atoms with van der Waals surface area (Å²) in [7, 11) is 1.55. The van der Waals surface area contributed by atoms with Gasteiger partial charge in [-0.2, -0.15) is 0 Å². The highest BCUT2D eigenvalue weighted by Gasteiger charge is 2.25. The Kier molecular flexibility index (Phi) is 5.89. The maximum atomic E-state index is 12.4. The van der Waals surface area contributed by atoms with Gasteiger partial charge in [-0.05, 0) is 43.6 Å². The summed E-state index contributed by atoms with van der Waals surface area (Å²) >= 11 is 6.40. The minimum Gasteiger partial charge on any atom is -0.481 e. The number of aromatic nitrogens is 1. The molecule has 2 heterocycles. The first kappa shape index (κ1) is 17.7. The fraction of sp³-hybridized carbons (Fsp3) is 0.368. The van der Waals surface area contributed by atoms with Crippen molar-refractivity contribution in [3.8, 4) is 5.88 Å². The molecule has 1 aromatic carbocycles. The second-order valence-electron chi connectivity index (χ2n) is 6.08. The average Bonchev–Trinajstić information content (AvgIpc) is 3.17. The van der Waals surface area contributed by atoms with Gasteiger partial charge in [-0.3, -0.25) is 9.69 Å². The van der Waals surface area contributed by atoms with Crippen LogP contribution >= 0.6 is 11.6 Å². The molecule has 0 aliphatic carbocycles. The maximum absolute atomic E-state index is 12.4. The van der Waals surface area contributed by atoms with Crippen molar-refractivity contribution in [3.05, 3.63) is 58.7 Å². The van der Waals surface area contributed by atoms with E-state index in [-0.39, 0.29) is 11.9 Å². The summed E-state index contributed by atoms with van der Waals surface area (Å²) in [5, 5.41) is 3.75. The Balaban J connectivity index is 1.71. The maximum Gasteiger partial charge on any atom is 0.252 e. The first-order chi connectivity index (χ1) is 12.2. The lowest BCUT2D eigenvalue weighted by atomic mass is 10.1.